The van der Waals surface area contributed by atoms with E-state index >= 15 is 0 Å². The normalized spacial score (nSPS) is 13.3. The van der Waals surface area contributed by atoms with Gasteiger partial charge in [-0.1, -0.05) is 97.1 Å². The standard InChI is InChI=1S/C40H29N9O2S2/c1-23-13-9-11-19-27(23)37(50)48-35-31(39-41-21-43-52-39)29(25-15-5-3-6-16-25)33(46-35)45-34-30(26-17-7-4-8-18-26)32(40-42-22-44-53-40)36(47-34)49-38(51)28-20-12-10-14-24(28)2/h3-22,46H,1-2H3,(H,48,50)(H,45,47,49,51). The molecule has 1 aliphatic rings. The van der Waals surface area contributed by atoms with Crippen LogP contribution in [0.4, 0.5) is 11.6 Å². The molecule has 0 saturated carbocycles. The lowest BCUT2D eigenvalue weighted by molar-refractivity contribution is 0.0975. The third-order valence-electron chi connectivity index (χ3n) is 8.65. The van der Waals surface area contributed by atoms with Gasteiger partial charge in [0.15, 0.2) is 5.84 Å². The van der Waals surface area contributed by atoms with Crippen LogP contribution in [0.2, 0.25) is 0 Å². The molecule has 7 aromatic rings. The molecule has 11 nitrogen and oxygen atoms in total. The summed E-state index contributed by atoms with van der Waals surface area (Å²) in [6.45, 7) is 3.78. The number of carbonyl (C=O) groups is 2. The molecular weight excluding hydrogens is 703 g/mol. The number of hydrogen-bond donors (Lipinski definition) is 3. The molecule has 258 valence electrons. The molecule has 13 heteroatoms. The maximum atomic E-state index is 13.8. The number of H-pyrrole nitrogens is 1. The second-order valence-corrected chi connectivity index (χ2v) is 13.6. The third-order valence-corrected chi connectivity index (χ3v) is 10.0. The average molecular weight is 732 g/mol. The summed E-state index contributed by atoms with van der Waals surface area (Å²) in [6, 6.07) is 34.2. The smallest absolute Gasteiger partial charge is 0.257 e. The van der Waals surface area contributed by atoms with Crippen LogP contribution in [0.15, 0.2) is 132 Å². The van der Waals surface area contributed by atoms with Gasteiger partial charge in [-0.25, -0.2) is 20.0 Å². The van der Waals surface area contributed by atoms with Crippen molar-refractivity contribution >= 4 is 69.3 Å². The number of nitrogens with one attached hydrogen (secondary N) is 3. The van der Waals surface area contributed by atoms with Gasteiger partial charge in [0.05, 0.1) is 11.1 Å². The van der Waals surface area contributed by atoms with Crippen molar-refractivity contribution in [2.24, 2.45) is 9.98 Å². The molecule has 2 amide bonds. The van der Waals surface area contributed by atoms with Crippen LogP contribution in [0.1, 0.15) is 42.4 Å². The van der Waals surface area contributed by atoms with Crippen LogP contribution in [0.5, 0.6) is 0 Å². The summed E-state index contributed by atoms with van der Waals surface area (Å²) < 4.78 is 8.56. The Labute approximate surface area is 312 Å². The van der Waals surface area contributed by atoms with Crippen LogP contribution in [0.25, 0.3) is 32.8 Å². The Morgan fingerprint density at radius 1 is 0.623 bits per heavy atom. The maximum absolute atomic E-state index is 13.8. The highest BCUT2D eigenvalue weighted by molar-refractivity contribution is 7.09. The van der Waals surface area contributed by atoms with Crippen molar-refractivity contribution in [2.45, 2.75) is 13.8 Å². The molecule has 4 aromatic carbocycles. The minimum Gasteiger partial charge on any atom is -0.325 e. The molecule has 0 spiro atoms. The molecule has 53 heavy (non-hydrogen) atoms. The summed E-state index contributed by atoms with van der Waals surface area (Å²) in [5.74, 6) is 0.813. The van der Waals surface area contributed by atoms with Gasteiger partial charge in [0.25, 0.3) is 11.8 Å². The molecule has 0 aliphatic carbocycles. The Kier molecular flexibility index (Phi) is 9.15. The molecule has 0 unspecified atom stereocenters. The largest absolute Gasteiger partial charge is 0.325 e. The molecule has 4 heterocycles. The Balaban J connectivity index is 1.36. The highest BCUT2D eigenvalue weighted by Crippen LogP contribution is 2.46. The van der Waals surface area contributed by atoms with Crippen LogP contribution in [0, 0.1) is 13.8 Å². The number of aromatic amines is 1. The molecule has 0 atom stereocenters. The quantitative estimate of drug-likeness (QED) is 0.143. The maximum Gasteiger partial charge on any atom is 0.257 e. The van der Waals surface area contributed by atoms with Gasteiger partial charge in [-0.05, 0) is 71.3 Å². The van der Waals surface area contributed by atoms with Crippen molar-refractivity contribution in [3.63, 3.8) is 0 Å². The van der Waals surface area contributed by atoms with Gasteiger partial charge < -0.3 is 15.6 Å². The molecule has 3 aromatic heterocycles. The van der Waals surface area contributed by atoms with Crippen molar-refractivity contribution in [3.05, 3.63) is 155 Å². The van der Waals surface area contributed by atoms with Gasteiger partial charge in [-0.2, -0.15) is 8.75 Å². The van der Waals surface area contributed by atoms with E-state index in [1.54, 1.807) is 12.1 Å². The number of carbonyl (C=O) groups excluding carboxylic acids is 2. The first kappa shape index (κ1) is 33.4. The highest BCUT2D eigenvalue weighted by atomic mass is 32.1. The zero-order valence-corrected chi connectivity index (χ0v) is 30.0. The minimum atomic E-state index is -0.317. The van der Waals surface area contributed by atoms with Gasteiger partial charge in [-0.15, -0.1) is 0 Å². The number of benzene rings is 4. The predicted octanol–water partition coefficient (Wildman–Crippen LogP) is 8.40. The van der Waals surface area contributed by atoms with Crippen LogP contribution in [-0.4, -0.2) is 47.2 Å². The number of aryl methyl sites for hydroxylation is 2. The molecule has 0 bridgehead atoms. The zero-order chi connectivity index (χ0) is 36.3. The lowest BCUT2D eigenvalue weighted by Gasteiger charge is -2.10. The van der Waals surface area contributed by atoms with Crippen molar-refractivity contribution in [1.29, 1.82) is 0 Å². The fourth-order valence-electron chi connectivity index (χ4n) is 6.15. The molecule has 0 saturated heterocycles. The second kappa shape index (κ2) is 14.5. The summed E-state index contributed by atoms with van der Waals surface area (Å²) in [5, 5.41) is 7.30. The van der Waals surface area contributed by atoms with E-state index in [1.807, 2.05) is 111 Å². The van der Waals surface area contributed by atoms with Crippen LogP contribution in [0.3, 0.4) is 0 Å². The Morgan fingerprint density at radius 3 is 1.75 bits per heavy atom. The van der Waals surface area contributed by atoms with Gasteiger partial charge in [0.1, 0.15) is 40.1 Å². The van der Waals surface area contributed by atoms with E-state index in [9.17, 15) is 9.59 Å². The molecule has 3 N–H and O–H groups in total. The average Bonchev–Trinajstić information content (AvgIpc) is 4.00. The minimum absolute atomic E-state index is 0.290. The lowest BCUT2D eigenvalue weighted by atomic mass is 10.00. The van der Waals surface area contributed by atoms with Crippen molar-refractivity contribution in [3.8, 4) is 21.7 Å². The summed E-state index contributed by atoms with van der Waals surface area (Å²) >= 11 is 2.40. The first-order chi connectivity index (χ1) is 26.0. The monoisotopic (exact) mass is 731 g/mol. The summed E-state index contributed by atoms with van der Waals surface area (Å²) in [4.78, 5) is 50.3. The predicted molar refractivity (Wildman–Crippen MR) is 211 cm³/mol. The molecule has 0 radical (unpaired) electrons. The molecular formula is C40H29N9O2S2. The topological polar surface area (TPSA) is 150 Å². The highest BCUT2D eigenvalue weighted by Gasteiger charge is 2.33. The number of nitrogens with zero attached hydrogens (tertiary/aromatic N) is 6. The summed E-state index contributed by atoms with van der Waals surface area (Å²) in [6.07, 6.45) is 2.96. The number of anilines is 1. The lowest BCUT2D eigenvalue weighted by Crippen LogP contribution is -2.31. The van der Waals surface area contributed by atoms with E-state index in [0.29, 0.717) is 60.9 Å². The van der Waals surface area contributed by atoms with Gasteiger partial charge in [0.2, 0.25) is 0 Å². The van der Waals surface area contributed by atoms with E-state index in [2.05, 4.69) is 34.3 Å². The van der Waals surface area contributed by atoms with Gasteiger partial charge in [0, 0.05) is 22.3 Å². The fraction of sp³-hybridized carbons (Fsp3) is 0.0500. The first-order valence-corrected chi connectivity index (χ1v) is 18.1. The zero-order valence-electron chi connectivity index (χ0n) is 28.4. The van der Waals surface area contributed by atoms with E-state index in [-0.39, 0.29) is 17.6 Å². The third kappa shape index (κ3) is 6.62. The van der Waals surface area contributed by atoms with Crippen molar-refractivity contribution in [1.82, 2.24) is 29.0 Å². The number of hydrogen-bond acceptors (Lipinski definition) is 9. The van der Waals surface area contributed by atoms with E-state index in [0.717, 1.165) is 22.3 Å². The molecule has 8 rings (SSSR count). The van der Waals surface area contributed by atoms with E-state index in [4.69, 9.17) is 9.98 Å². The number of aromatic nitrogens is 5. The van der Waals surface area contributed by atoms with Crippen LogP contribution < -0.4 is 10.6 Å². The number of aliphatic imine (C=N–C) groups is 2. The van der Waals surface area contributed by atoms with Crippen molar-refractivity contribution in [2.75, 3.05) is 5.32 Å². The van der Waals surface area contributed by atoms with Gasteiger partial charge >= 0.3 is 0 Å². The molecule has 0 fully saturated rings. The summed E-state index contributed by atoms with van der Waals surface area (Å²) in [5.41, 5.74) is 6.90. The Hall–Kier alpha value is -6.70. The van der Waals surface area contributed by atoms with Crippen molar-refractivity contribution < 1.29 is 9.59 Å². The van der Waals surface area contributed by atoms with E-state index < -0.39 is 0 Å². The number of amides is 2. The second-order valence-electron chi connectivity index (χ2n) is 12.0. The van der Waals surface area contributed by atoms with Gasteiger partial charge in [-0.3, -0.25) is 9.59 Å². The van der Waals surface area contributed by atoms with Crippen LogP contribution in [-0.2, 0) is 0 Å². The fourth-order valence-corrected chi connectivity index (χ4v) is 7.32. The number of rotatable bonds is 8. The first-order valence-electron chi connectivity index (χ1n) is 16.5. The van der Waals surface area contributed by atoms with E-state index in [1.165, 1.54) is 35.7 Å². The molecule has 1 aliphatic heterocycles. The SMILES string of the molecule is Cc1ccccc1C(=O)NC1=NC(=Nc2[nH]c(NC(=O)c3ccccc3C)c(-c3ncns3)c2-c2ccccc2)C(c2ccccc2)=C1c1ncns1. The summed E-state index contributed by atoms with van der Waals surface area (Å²) in [7, 11) is 0. The van der Waals surface area contributed by atoms with Crippen LogP contribution >= 0.6 is 23.1 Å². The number of amidine groups is 2. The Bertz CT molecular complexity index is 2560. The Morgan fingerprint density at radius 2 is 1.17 bits per heavy atom.